The van der Waals surface area contributed by atoms with E-state index in [0.717, 1.165) is 41.7 Å². The minimum atomic E-state index is 0.0555. The molecule has 2 aromatic heterocycles. The van der Waals surface area contributed by atoms with Crippen LogP contribution < -0.4 is 0 Å². The lowest BCUT2D eigenvalue weighted by atomic mass is 10.0. The Bertz CT molecular complexity index is 869. The summed E-state index contributed by atoms with van der Waals surface area (Å²) < 4.78 is 0. The molecule has 1 amide bonds. The highest BCUT2D eigenvalue weighted by atomic mass is 16.2. The number of carbonyl (C=O) groups is 1. The Balaban J connectivity index is 1.82. The summed E-state index contributed by atoms with van der Waals surface area (Å²) in [5.74, 6) is 0.0555. The van der Waals surface area contributed by atoms with Crippen LogP contribution in [0.2, 0.25) is 0 Å². The van der Waals surface area contributed by atoms with Crippen molar-refractivity contribution < 1.29 is 4.79 Å². The standard InChI is InChI=1S/C20H24N4O/c1-23(2)12-5-13-24(3)20(25)16-7-4-6-15(14-16)17-8-10-21-19-18(17)9-11-22-19/h4,6-11,14H,5,12-13H2,1-3H3,(H,21,22). The molecular weight excluding hydrogens is 312 g/mol. The number of aromatic nitrogens is 2. The predicted octanol–water partition coefficient (Wildman–Crippen LogP) is 3.25. The number of nitrogens with zero attached hydrogens (tertiary/aromatic N) is 3. The number of aromatic amines is 1. The van der Waals surface area contributed by atoms with Gasteiger partial charge in [0.25, 0.3) is 5.91 Å². The van der Waals surface area contributed by atoms with Crippen molar-refractivity contribution in [3.05, 3.63) is 54.4 Å². The zero-order chi connectivity index (χ0) is 17.8. The predicted molar refractivity (Wildman–Crippen MR) is 102 cm³/mol. The minimum absolute atomic E-state index is 0.0555. The molecule has 3 aromatic rings. The smallest absolute Gasteiger partial charge is 0.253 e. The number of fused-ring (bicyclic) bond motifs is 1. The SMILES string of the molecule is CN(C)CCCN(C)C(=O)c1cccc(-c2ccnc3[nH]ccc23)c1. The molecule has 5 heteroatoms. The first-order valence-electron chi connectivity index (χ1n) is 8.49. The third-order valence-corrected chi connectivity index (χ3v) is 4.33. The highest BCUT2D eigenvalue weighted by Crippen LogP contribution is 2.27. The number of amides is 1. The summed E-state index contributed by atoms with van der Waals surface area (Å²) in [6.45, 7) is 1.72. The summed E-state index contributed by atoms with van der Waals surface area (Å²) in [4.78, 5) is 24.1. The fourth-order valence-electron chi connectivity index (χ4n) is 2.98. The molecule has 0 unspecified atom stereocenters. The molecule has 0 saturated heterocycles. The third-order valence-electron chi connectivity index (χ3n) is 4.33. The summed E-state index contributed by atoms with van der Waals surface area (Å²) in [6.07, 6.45) is 4.63. The molecule has 0 aliphatic rings. The Morgan fingerprint density at radius 3 is 2.76 bits per heavy atom. The maximum absolute atomic E-state index is 12.7. The lowest BCUT2D eigenvalue weighted by Gasteiger charge is -2.19. The molecule has 3 rings (SSSR count). The lowest BCUT2D eigenvalue weighted by Crippen LogP contribution is -2.29. The fourth-order valence-corrected chi connectivity index (χ4v) is 2.98. The van der Waals surface area contributed by atoms with Gasteiger partial charge in [-0.3, -0.25) is 4.79 Å². The van der Waals surface area contributed by atoms with Crippen molar-refractivity contribution in [1.82, 2.24) is 19.8 Å². The van der Waals surface area contributed by atoms with Gasteiger partial charge in [-0.05, 0) is 62.5 Å². The first-order chi connectivity index (χ1) is 12.1. The second-order valence-corrected chi connectivity index (χ2v) is 6.56. The highest BCUT2D eigenvalue weighted by Gasteiger charge is 2.13. The van der Waals surface area contributed by atoms with Crippen LogP contribution in [-0.2, 0) is 0 Å². The van der Waals surface area contributed by atoms with Gasteiger partial charge < -0.3 is 14.8 Å². The van der Waals surface area contributed by atoms with Crippen molar-refractivity contribution in [3.8, 4) is 11.1 Å². The van der Waals surface area contributed by atoms with Gasteiger partial charge in [-0.1, -0.05) is 12.1 Å². The number of hydrogen-bond acceptors (Lipinski definition) is 3. The maximum atomic E-state index is 12.7. The number of H-pyrrole nitrogens is 1. The van der Waals surface area contributed by atoms with Crippen molar-refractivity contribution in [1.29, 1.82) is 0 Å². The van der Waals surface area contributed by atoms with Gasteiger partial charge in [0.1, 0.15) is 5.65 Å². The number of pyridine rings is 1. The Labute approximate surface area is 148 Å². The molecule has 0 bridgehead atoms. The zero-order valence-electron chi connectivity index (χ0n) is 15.0. The molecule has 2 heterocycles. The van der Waals surface area contributed by atoms with Crippen LogP contribution in [0.1, 0.15) is 16.8 Å². The number of hydrogen-bond donors (Lipinski definition) is 1. The van der Waals surface area contributed by atoms with Crippen molar-refractivity contribution >= 4 is 16.9 Å². The van der Waals surface area contributed by atoms with Crippen LogP contribution in [0.3, 0.4) is 0 Å². The normalized spacial score (nSPS) is 11.2. The third kappa shape index (κ3) is 3.88. The molecule has 0 aliphatic carbocycles. The Hall–Kier alpha value is -2.66. The Morgan fingerprint density at radius 2 is 1.96 bits per heavy atom. The van der Waals surface area contributed by atoms with Crippen LogP contribution in [0.5, 0.6) is 0 Å². The van der Waals surface area contributed by atoms with Gasteiger partial charge in [-0.2, -0.15) is 0 Å². The van der Waals surface area contributed by atoms with Crippen LogP contribution >= 0.6 is 0 Å². The average Bonchev–Trinajstić information content (AvgIpc) is 3.09. The Morgan fingerprint density at radius 1 is 1.12 bits per heavy atom. The van der Waals surface area contributed by atoms with E-state index in [1.54, 1.807) is 11.1 Å². The summed E-state index contributed by atoms with van der Waals surface area (Å²) in [7, 11) is 5.95. The Kier molecular flexibility index (Phi) is 5.14. The van der Waals surface area contributed by atoms with Gasteiger partial charge in [-0.15, -0.1) is 0 Å². The molecule has 5 nitrogen and oxygen atoms in total. The van der Waals surface area contributed by atoms with Gasteiger partial charge >= 0.3 is 0 Å². The van der Waals surface area contributed by atoms with E-state index in [-0.39, 0.29) is 5.91 Å². The molecule has 130 valence electrons. The van der Waals surface area contributed by atoms with Crippen molar-refractivity contribution in [2.45, 2.75) is 6.42 Å². The van der Waals surface area contributed by atoms with E-state index in [1.807, 2.05) is 63.7 Å². The van der Waals surface area contributed by atoms with Crippen LogP contribution in [0.15, 0.2) is 48.8 Å². The second-order valence-electron chi connectivity index (χ2n) is 6.56. The number of carbonyl (C=O) groups excluding carboxylic acids is 1. The molecule has 0 spiro atoms. The molecule has 25 heavy (non-hydrogen) atoms. The molecule has 0 fully saturated rings. The van der Waals surface area contributed by atoms with E-state index < -0.39 is 0 Å². The fraction of sp³-hybridized carbons (Fsp3) is 0.300. The van der Waals surface area contributed by atoms with Crippen molar-refractivity contribution in [2.75, 3.05) is 34.2 Å². The van der Waals surface area contributed by atoms with Crippen molar-refractivity contribution in [2.24, 2.45) is 0 Å². The molecule has 0 radical (unpaired) electrons. The van der Waals surface area contributed by atoms with Crippen molar-refractivity contribution in [3.63, 3.8) is 0 Å². The van der Waals surface area contributed by atoms with Gasteiger partial charge in [0.15, 0.2) is 0 Å². The van der Waals surface area contributed by atoms with Gasteiger partial charge in [0.2, 0.25) is 0 Å². The molecule has 1 N–H and O–H groups in total. The molecular formula is C20H24N4O. The zero-order valence-corrected chi connectivity index (χ0v) is 15.0. The molecule has 0 saturated carbocycles. The van der Waals surface area contributed by atoms with E-state index >= 15 is 0 Å². The van der Waals surface area contributed by atoms with Crippen LogP contribution in [0.25, 0.3) is 22.2 Å². The summed E-state index contributed by atoms with van der Waals surface area (Å²) in [6, 6.07) is 11.8. The lowest BCUT2D eigenvalue weighted by molar-refractivity contribution is 0.0790. The number of benzene rings is 1. The quantitative estimate of drug-likeness (QED) is 0.752. The van der Waals surface area contributed by atoms with Gasteiger partial charge in [0.05, 0.1) is 0 Å². The first-order valence-corrected chi connectivity index (χ1v) is 8.49. The first kappa shape index (κ1) is 17.2. The molecule has 0 aliphatic heterocycles. The number of nitrogens with one attached hydrogen (secondary N) is 1. The van der Waals surface area contributed by atoms with E-state index in [9.17, 15) is 4.79 Å². The summed E-state index contributed by atoms with van der Waals surface area (Å²) in [5, 5.41) is 1.06. The topological polar surface area (TPSA) is 52.2 Å². The van der Waals surface area contributed by atoms with Gasteiger partial charge in [-0.25, -0.2) is 4.98 Å². The molecule has 1 aromatic carbocycles. The largest absolute Gasteiger partial charge is 0.346 e. The highest BCUT2D eigenvalue weighted by molar-refractivity contribution is 5.98. The van der Waals surface area contributed by atoms with E-state index in [1.165, 1.54) is 0 Å². The van der Waals surface area contributed by atoms with E-state index in [2.05, 4.69) is 14.9 Å². The van der Waals surface area contributed by atoms with Crippen LogP contribution in [0, 0.1) is 0 Å². The average molecular weight is 336 g/mol. The number of rotatable bonds is 6. The maximum Gasteiger partial charge on any atom is 0.253 e. The van der Waals surface area contributed by atoms with Gasteiger partial charge in [0, 0.05) is 36.9 Å². The summed E-state index contributed by atoms with van der Waals surface area (Å²) >= 11 is 0. The van der Waals surface area contributed by atoms with Crippen LogP contribution in [0.4, 0.5) is 0 Å². The van der Waals surface area contributed by atoms with E-state index in [4.69, 9.17) is 0 Å². The van der Waals surface area contributed by atoms with Crippen LogP contribution in [-0.4, -0.2) is 59.9 Å². The molecule has 0 atom stereocenters. The van der Waals surface area contributed by atoms with E-state index in [0.29, 0.717) is 5.56 Å². The summed E-state index contributed by atoms with van der Waals surface area (Å²) in [5.41, 5.74) is 3.68. The minimum Gasteiger partial charge on any atom is -0.346 e. The monoisotopic (exact) mass is 336 g/mol. The second kappa shape index (κ2) is 7.49.